The summed E-state index contributed by atoms with van der Waals surface area (Å²) in [7, 11) is 1.62. The van der Waals surface area contributed by atoms with Gasteiger partial charge in [-0.25, -0.2) is 0 Å². The monoisotopic (exact) mass is 353 g/mol. The van der Waals surface area contributed by atoms with Gasteiger partial charge in [0.15, 0.2) is 0 Å². The second-order valence-electron chi connectivity index (χ2n) is 5.49. The first-order valence-electron chi connectivity index (χ1n) is 7.90. The minimum atomic E-state index is -0.189. The molecule has 3 N–H and O–H groups in total. The van der Waals surface area contributed by atoms with Crippen molar-refractivity contribution in [1.82, 2.24) is 9.69 Å². The molecule has 0 saturated heterocycles. The maximum absolute atomic E-state index is 12.4. The largest absolute Gasteiger partial charge is 0.497 e. The first kappa shape index (κ1) is 17.0. The number of rotatable bonds is 6. The van der Waals surface area contributed by atoms with E-state index in [-0.39, 0.29) is 5.91 Å². The van der Waals surface area contributed by atoms with E-state index in [1.54, 1.807) is 7.11 Å². The molecule has 6 heteroatoms. The van der Waals surface area contributed by atoms with Crippen LogP contribution >= 0.6 is 11.5 Å². The number of nitrogens with one attached hydrogen (secondary N) is 1. The van der Waals surface area contributed by atoms with Crippen LogP contribution in [0.1, 0.15) is 15.2 Å². The van der Waals surface area contributed by atoms with Crippen LogP contribution in [-0.2, 0) is 6.42 Å². The standard InChI is InChI=1S/C19H19N3O2S/c1-24-15-9-7-14(8-10-15)17-16(20)18(25-22-17)19(23)21-12-11-13-5-3-2-4-6-13/h2-10H,11-12,20H2,1H3,(H,21,23). The van der Waals surface area contributed by atoms with E-state index in [2.05, 4.69) is 9.69 Å². The average molecular weight is 353 g/mol. The van der Waals surface area contributed by atoms with Crippen LogP contribution in [0.25, 0.3) is 11.3 Å². The predicted molar refractivity (Wildman–Crippen MR) is 101 cm³/mol. The molecule has 0 aliphatic rings. The number of ether oxygens (including phenoxy) is 1. The van der Waals surface area contributed by atoms with E-state index in [9.17, 15) is 4.79 Å². The van der Waals surface area contributed by atoms with Crippen LogP contribution in [-0.4, -0.2) is 23.9 Å². The Morgan fingerprint density at radius 1 is 1.16 bits per heavy atom. The smallest absolute Gasteiger partial charge is 0.265 e. The molecular weight excluding hydrogens is 334 g/mol. The number of methoxy groups -OCH3 is 1. The third kappa shape index (κ3) is 3.97. The maximum Gasteiger partial charge on any atom is 0.265 e. The molecule has 3 aromatic rings. The third-order valence-corrected chi connectivity index (χ3v) is 4.70. The van der Waals surface area contributed by atoms with Crippen LogP contribution in [0.5, 0.6) is 5.75 Å². The lowest BCUT2D eigenvalue weighted by atomic mass is 10.1. The second kappa shape index (κ2) is 7.81. The van der Waals surface area contributed by atoms with Crippen molar-refractivity contribution in [1.29, 1.82) is 0 Å². The summed E-state index contributed by atoms with van der Waals surface area (Å²) in [5, 5.41) is 2.90. The van der Waals surface area contributed by atoms with E-state index >= 15 is 0 Å². The summed E-state index contributed by atoms with van der Waals surface area (Å²) in [6.45, 7) is 0.554. The van der Waals surface area contributed by atoms with E-state index in [0.717, 1.165) is 29.3 Å². The molecule has 0 aliphatic carbocycles. The normalized spacial score (nSPS) is 10.4. The van der Waals surface area contributed by atoms with E-state index in [4.69, 9.17) is 10.5 Å². The lowest BCUT2D eigenvalue weighted by Gasteiger charge is -2.05. The molecule has 1 aromatic heterocycles. The van der Waals surface area contributed by atoms with Gasteiger partial charge < -0.3 is 15.8 Å². The summed E-state index contributed by atoms with van der Waals surface area (Å²) >= 11 is 1.12. The zero-order valence-electron chi connectivity index (χ0n) is 13.9. The fraction of sp³-hybridized carbons (Fsp3) is 0.158. The van der Waals surface area contributed by atoms with Gasteiger partial charge in [0, 0.05) is 12.1 Å². The molecular formula is C19H19N3O2S. The van der Waals surface area contributed by atoms with Crippen molar-refractivity contribution in [2.75, 3.05) is 19.4 Å². The molecule has 0 unspecified atom stereocenters. The van der Waals surface area contributed by atoms with Gasteiger partial charge in [-0.05, 0) is 47.8 Å². The average Bonchev–Trinajstić information content (AvgIpc) is 3.04. The lowest BCUT2D eigenvalue weighted by molar-refractivity contribution is 0.0959. The number of aromatic nitrogens is 1. The number of nitrogens with zero attached hydrogens (tertiary/aromatic N) is 1. The van der Waals surface area contributed by atoms with Crippen molar-refractivity contribution >= 4 is 23.1 Å². The molecule has 0 bridgehead atoms. The quantitative estimate of drug-likeness (QED) is 0.712. The Bertz CT molecular complexity index is 845. The number of carbonyl (C=O) groups is 1. The number of hydrogen-bond acceptors (Lipinski definition) is 5. The van der Waals surface area contributed by atoms with Crippen molar-refractivity contribution < 1.29 is 9.53 Å². The minimum Gasteiger partial charge on any atom is -0.497 e. The second-order valence-corrected chi connectivity index (χ2v) is 6.27. The fourth-order valence-electron chi connectivity index (χ4n) is 2.46. The van der Waals surface area contributed by atoms with Crippen molar-refractivity contribution in [3.05, 3.63) is 65.0 Å². The molecule has 1 heterocycles. The molecule has 0 radical (unpaired) electrons. The summed E-state index contributed by atoms with van der Waals surface area (Å²) in [5.74, 6) is 0.571. The molecule has 2 aromatic carbocycles. The van der Waals surface area contributed by atoms with Crippen LogP contribution in [0.4, 0.5) is 5.69 Å². The van der Waals surface area contributed by atoms with Crippen LogP contribution in [0.3, 0.4) is 0 Å². The lowest BCUT2D eigenvalue weighted by Crippen LogP contribution is -2.25. The van der Waals surface area contributed by atoms with Gasteiger partial charge in [0.1, 0.15) is 16.3 Å². The molecule has 5 nitrogen and oxygen atoms in total. The van der Waals surface area contributed by atoms with Gasteiger partial charge in [0.25, 0.3) is 5.91 Å². The Morgan fingerprint density at radius 2 is 1.88 bits per heavy atom. The van der Waals surface area contributed by atoms with E-state index in [0.29, 0.717) is 22.8 Å². The maximum atomic E-state index is 12.4. The van der Waals surface area contributed by atoms with Crippen LogP contribution < -0.4 is 15.8 Å². The zero-order chi connectivity index (χ0) is 17.6. The summed E-state index contributed by atoms with van der Waals surface area (Å²) in [6, 6.07) is 17.5. The molecule has 0 fully saturated rings. The van der Waals surface area contributed by atoms with E-state index in [1.807, 2.05) is 54.6 Å². The number of nitrogen functional groups attached to an aromatic ring is 1. The van der Waals surface area contributed by atoms with Crippen LogP contribution in [0, 0.1) is 0 Å². The highest BCUT2D eigenvalue weighted by atomic mass is 32.1. The molecule has 1 amide bonds. The highest BCUT2D eigenvalue weighted by molar-refractivity contribution is 7.09. The van der Waals surface area contributed by atoms with Crippen molar-refractivity contribution in [3.63, 3.8) is 0 Å². The van der Waals surface area contributed by atoms with Crippen LogP contribution in [0.15, 0.2) is 54.6 Å². The van der Waals surface area contributed by atoms with Gasteiger partial charge >= 0.3 is 0 Å². The first-order chi connectivity index (χ1) is 12.2. The molecule has 0 spiro atoms. The summed E-state index contributed by atoms with van der Waals surface area (Å²) < 4.78 is 9.49. The molecule has 0 saturated carbocycles. The van der Waals surface area contributed by atoms with Crippen LogP contribution in [0.2, 0.25) is 0 Å². The van der Waals surface area contributed by atoms with Crippen molar-refractivity contribution in [2.45, 2.75) is 6.42 Å². The Morgan fingerprint density at radius 3 is 2.56 bits per heavy atom. The van der Waals surface area contributed by atoms with Gasteiger partial charge in [-0.3, -0.25) is 4.79 Å². The topological polar surface area (TPSA) is 77.2 Å². The van der Waals surface area contributed by atoms with Gasteiger partial charge in [-0.1, -0.05) is 30.3 Å². The summed E-state index contributed by atoms with van der Waals surface area (Å²) in [5.41, 5.74) is 9.22. The number of nitrogens with two attached hydrogens (primary N) is 1. The van der Waals surface area contributed by atoms with E-state index in [1.165, 1.54) is 5.56 Å². The van der Waals surface area contributed by atoms with Crippen molar-refractivity contribution in [2.24, 2.45) is 0 Å². The van der Waals surface area contributed by atoms with Crippen molar-refractivity contribution in [3.8, 4) is 17.0 Å². The first-order valence-corrected chi connectivity index (χ1v) is 8.68. The Labute approximate surface area is 150 Å². The Kier molecular flexibility index (Phi) is 5.30. The van der Waals surface area contributed by atoms with Gasteiger partial charge in [-0.15, -0.1) is 0 Å². The predicted octanol–water partition coefficient (Wildman–Crippen LogP) is 3.37. The summed E-state index contributed by atoms with van der Waals surface area (Å²) in [4.78, 5) is 12.8. The highest BCUT2D eigenvalue weighted by Crippen LogP contribution is 2.31. The minimum absolute atomic E-state index is 0.189. The fourth-order valence-corrected chi connectivity index (χ4v) is 3.20. The SMILES string of the molecule is COc1ccc(-c2nsc(C(=O)NCCc3ccccc3)c2N)cc1. The molecule has 25 heavy (non-hydrogen) atoms. The van der Waals surface area contributed by atoms with Gasteiger partial charge in [-0.2, -0.15) is 4.37 Å². The molecule has 128 valence electrons. The Balaban J connectivity index is 1.66. The highest BCUT2D eigenvalue weighted by Gasteiger charge is 2.18. The number of benzene rings is 2. The molecule has 0 atom stereocenters. The van der Waals surface area contributed by atoms with Gasteiger partial charge in [0.2, 0.25) is 0 Å². The summed E-state index contributed by atoms with van der Waals surface area (Å²) in [6.07, 6.45) is 0.774. The number of amides is 1. The number of carbonyl (C=O) groups excluding carboxylic acids is 1. The molecule has 3 rings (SSSR count). The third-order valence-electron chi connectivity index (χ3n) is 3.84. The Hall–Kier alpha value is -2.86. The zero-order valence-corrected chi connectivity index (χ0v) is 14.7. The van der Waals surface area contributed by atoms with E-state index < -0.39 is 0 Å². The number of anilines is 1. The molecule has 0 aliphatic heterocycles. The number of hydrogen-bond donors (Lipinski definition) is 2. The van der Waals surface area contributed by atoms with Gasteiger partial charge in [0.05, 0.1) is 12.8 Å².